The highest BCUT2D eigenvalue weighted by Crippen LogP contribution is 2.25. The fraction of sp³-hybridized carbons (Fsp3) is 0.222. The first-order valence-corrected chi connectivity index (χ1v) is 4.78. The van der Waals surface area contributed by atoms with Crippen molar-refractivity contribution in [1.29, 1.82) is 0 Å². The maximum Gasteiger partial charge on any atom is 0.192 e. The number of rotatable bonds is 3. The summed E-state index contributed by atoms with van der Waals surface area (Å²) in [7, 11) is 0. The van der Waals surface area contributed by atoms with Gasteiger partial charge in [0.2, 0.25) is 0 Å². The molecule has 4 nitrogen and oxygen atoms in total. The number of carbonyl (C=O) groups excluding carboxylic acids is 1. The molecule has 0 aromatic carbocycles. The molecule has 0 atom stereocenters. The number of aromatic nitrogens is 2. The van der Waals surface area contributed by atoms with Gasteiger partial charge in [-0.1, -0.05) is 0 Å². The van der Waals surface area contributed by atoms with Crippen LogP contribution in [-0.2, 0) is 4.79 Å². The molecule has 14 heavy (non-hydrogen) atoms. The number of allylic oxidation sites excluding steroid dienone is 2. The molecule has 0 fully saturated rings. The Morgan fingerprint density at radius 3 is 2.36 bits per heavy atom. The Morgan fingerprint density at radius 1 is 1.36 bits per heavy atom. The lowest BCUT2D eigenvalue weighted by molar-refractivity contribution is -0.113. The molecular weight excluding hydrogens is 200 g/mol. The normalized spacial score (nSPS) is 12.1. The summed E-state index contributed by atoms with van der Waals surface area (Å²) in [5.74, 6) is -0.197. The zero-order chi connectivity index (χ0) is 10.6. The number of nitrogens with zero attached hydrogens (tertiary/aromatic N) is 2. The second-order valence-corrected chi connectivity index (χ2v) is 3.58. The summed E-state index contributed by atoms with van der Waals surface area (Å²) in [5, 5.41) is 9.68. The number of thioether (sulfide) groups is 1. The van der Waals surface area contributed by atoms with E-state index >= 15 is 0 Å². The third-order valence-electron chi connectivity index (χ3n) is 1.38. The van der Waals surface area contributed by atoms with E-state index in [4.69, 9.17) is 0 Å². The summed E-state index contributed by atoms with van der Waals surface area (Å²) in [6, 6.07) is 1.69. The minimum atomic E-state index is -0.192. The van der Waals surface area contributed by atoms with Crippen molar-refractivity contribution in [2.24, 2.45) is 0 Å². The maximum absolute atomic E-state index is 11.1. The molecule has 0 radical (unpaired) electrons. The van der Waals surface area contributed by atoms with Crippen LogP contribution in [-0.4, -0.2) is 20.9 Å². The van der Waals surface area contributed by atoms with Crippen LogP contribution in [0.5, 0.6) is 0 Å². The summed E-state index contributed by atoms with van der Waals surface area (Å²) in [4.78, 5) is 19.2. The Balaban J connectivity index is 2.87. The van der Waals surface area contributed by atoms with Crippen LogP contribution in [0.3, 0.4) is 0 Å². The van der Waals surface area contributed by atoms with Gasteiger partial charge < -0.3 is 5.11 Å². The van der Waals surface area contributed by atoms with E-state index in [-0.39, 0.29) is 16.4 Å². The lowest BCUT2D eigenvalue weighted by atomic mass is 10.4. The molecule has 74 valence electrons. The topological polar surface area (TPSA) is 63.1 Å². The van der Waals surface area contributed by atoms with Gasteiger partial charge in [-0.05, 0) is 31.7 Å². The Hall–Kier alpha value is -1.36. The molecule has 0 saturated heterocycles. The van der Waals surface area contributed by atoms with Gasteiger partial charge in [0.1, 0.15) is 5.76 Å². The van der Waals surface area contributed by atoms with E-state index in [2.05, 4.69) is 9.97 Å². The quantitative estimate of drug-likeness (QED) is 0.357. The van der Waals surface area contributed by atoms with Crippen LogP contribution in [0, 0.1) is 0 Å². The first-order valence-electron chi connectivity index (χ1n) is 3.97. The van der Waals surface area contributed by atoms with Crippen LogP contribution in [0.15, 0.2) is 34.3 Å². The molecule has 0 saturated carbocycles. The van der Waals surface area contributed by atoms with Crippen LogP contribution < -0.4 is 0 Å². The highest BCUT2D eigenvalue weighted by Gasteiger charge is 2.11. The highest BCUT2D eigenvalue weighted by molar-refractivity contribution is 8.03. The molecule has 0 aliphatic rings. The molecule has 1 heterocycles. The second kappa shape index (κ2) is 4.76. The van der Waals surface area contributed by atoms with Gasteiger partial charge in [-0.3, -0.25) is 4.79 Å². The smallest absolute Gasteiger partial charge is 0.192 e. The molecule has 0 aliphatic carbocycles. The number of hydrogen-bond donors (Lipinski definition) is 1. The number of carbonyl (C=O) groups is 1. The highest BCUT2D eigenvalue weighted by atomic mass is 32.2. The average molecular weight is 210 g/mol. The van der Waals surface area contributed by atoms with Crippen LogP contribution in [0.1, 0.15) is 13.8 Å². The Morgan fingerprint density at radius 2 is 1.93 bits per heavy atom. The van der Waals surface area contributed by atoms with Gasteiger partial charge in [-0.2, -0.15) is 0 Å². The van der Waals surface area contributed by atoms with Crippen molar-refractivity contribution in [2.75, 3.05) is 0 Å². The van der Waals surface area contributed by atoms with Crippen LogP contribution >= 0.6 is 11.8 Å². The van der Waals surface area contributed by atoms with Crippen molar-refractivity contribution in [3.8, 4) is 0 Å². The number of ketones is 1. The van der Waals surface area contributed by atoms with E-state index in [1.165, 1.54) is 13.8 Å². The van der Waals surface area contributed by atoms with Crippen molar-refractivity contribution in [1.82, 2.24) is 9.97 Å². The number of aliphatic hydroxyl groups is 1. The summed E-state index contributed by atoms with van der Waals surface area (Å²) in [5.41, 5.74) is 0. The molecule has 0 unspecified atom stereocenters. The summed E-state index contributed by atoms with van der Waals surface area (Å²) < 4.78 is 0. The van der Waals surface area contributed by atoms with Gasteiger partial charge in [-0.15, -0.1) is 0 Å². The number of hydrogen-bond acceptors (Lipinski definition) is 5. The fourth-order valence-corrected chi connectivity index (χ4v) is 1.53. The number of aliphatic hydroxyl groups excluding tert-OH is 1. The van der Waals surface area contributed by atoms with Crippen molar-refractivity contribution in [2.45, 2.75) is 19.0 Å². The van der Waals surface area contributed by atoms with Gasteiger partial charge >= 0.3 is 0 Å². The van der Waals surface area contributed by atoms with Crippen LogP contribution in [0.2, 0.25) is 0 Å². The first kappa shape index (κ1) is 10.7. The molecule has 1 N–H and O–H groups in total. The molecule has 1 rings (SSSR count). The summed E-state index contributed by atoms with van der Waals surface area (Å²) >= 11 is 1.06. The minimum absolute atomic E-state index is 0.00467. The van der Waals surface area contributed by atoms with Gasteiger partial charge in [0.15, 0.2) is 10.9 Å². The van der Waals surface area contributed by atoms with E-state index < -0.39 is 0 Å². The van der Waals surface area contributed by atoms with E-state index in [0.29, 0.717) is 5.16 Å². The van der Waals surface area contributed by atoms with E-state index in [0.717, 1.165) is 11.8 Å². The van der Waals surface area contributed by atoms with Gasteiger partial charge in [0.25, 0.3) is 0 Å². The average Bonchev–Trinajstić information content (AvgIpc) is 2.15. The van der Waals surface area contributed by atoms with Gasteiger partial charge in [0, 0.05) is 12.4 Å². The van der Waals surface area contributed by atoms with E-state index in [1.54, 1.807) is 18.5 Å². The molecule has 5 heteroatoms. The lowest BCUT2D eigenvalue weighted by Gasteiger charge is -2.02. The summed E-state index contributed by atoms with van der Waals surface area (Å²) in [6.07, 6.45) is 3.17. The van der Waals surface area contributed by atoms with E-state index in [9.17, 15) is 9.90 Å². The lowest BCUT2D eigenvalue weighted by Crippen LogP contribution is -1.97. The summed E-state index contributed by atoms with van der Waals surface area (Å²) in [6.45, 7) is 2.86. The van der Waals surface area contributed by atoms with Crippen LogP contribution in [0.25, 0.3) is 0 Å². The zero-order valence-electron chi connectivity index (χ0n) is 7.89. The molecule has 0 bridgehead atoms. The van der Waals surface area contributed by atoms with Crippen molar-refractivity contribution < 1.29 is 9.90 Å². The molecule has 0 spiro atoms. The van der Waals surface area contributed by atoms with Crippen LogP contribution in [0.4, 0.5) is 0 Å². The molecule has 1 aromatic heterocycles. The Labute approximate surface area is 86.1 Å². The van der Waals surface area contributed by atoms with E-state index in [1.807, 2.05) is 0 Å². The monoisotopic (exact) mass is 210 g/mol. The fourth-order valence-electron chi connectivity index (χ4n) is 0.830. The van der Waals surface area contributed by atoms with Gasteiger partial charge in [-0.25, -0.2) is 9.97 Å². The SMILES string of the molecule is CC(=O)C(Sc1ncccn1)=C(C)O. The largest absolute Gasteiger partial charge is 0.511 e. The Kier molecular flexibility index (Phi) is 3.64. The molecule has 0 aliphatic heterocycles. The third-order valence-corrected chi connectivity index (χ3v) is 2.56. The predicted octanol–water partition coefficient (Wildman–Crippen LogP) is 1.95. The third kappa shape index (κ3) is 2.85. The second-order valence-electron chi connectivity index (χ2n) is 2.60. The van der Waals surface area contributed by atoms with Crippen molar-refractivity contribution in [3.63, 3.8) is 0 Å². The van der Waals surface area contributed by atoms with Crippen molar-refractivity contribution in [3.05, 3.63) is 29.1 Å². The standard InChI is InChI=1S/C9H10N2O2S/c1-6(12)8(7(2)13)14-9-10-4-3-5-11-9/h3-5,12H,1-2H3. The number of Topliss-reactive ketones (excluding diaryl/α,β-unsaturated/α-hetero) is 1. The van der Waals surface area contributed by atoms with Gasteiger partial charge in [0.05, 0.1) is 4.91 Å². The predicted molar refractivity (Wildman–Crippen MR) is 53.9 cm³/mol. The Bertz CT molecular complexity index is 358. The molecule has 1 aromatic rings. The maximum atomic E-state index is 11.1. The molecular formula is C9H10N2O2S. The first-order chi connectivity index (χ1) is 6.61. The minimum Gasteiger partial charge on any atom is -0.511 e. The zero-order valence-corrected chi connectivity index (χ0v) is 8.71. The van der Waals surface area contributed by atoms with Crippen molar-refractivity contribution >= 4 is 17.5 Å². The molecule has 0 amide bonds.